The van der Waals surface area contributed by atoms with Crippen LogP contribution < -0.4 is 4.74 Å². The molecule has 1 aliphatic heterocycles. The van der Waals surface area contributed by atoms with Crippen molar-refractivity contribution in [1.29, 1.82) is 0 Å². The number of carbonyl (C=O) groups is 2. The van der Waals surface area contributed by atoms with Gasteiger partial charge in [0.05, 0.1) is 29.3 Å². The van der Waals surface area contributed by atoms with E-state index in [2.05, 4.69) is 4.98 Å². The van der Waals surface area contributed by atoms with Crippen LogP contribution in [0.1, 0.15) is 22.7 Å². The minimum Gasteiger partial charge on any atom is -0.508 e. The molecule has 1 amide bonds. The summed E-state index contributed by atoms with van der Waals surface area (Å²) in [6.45, 7) is 0.0810. The molecule has 2 heterocycles. The number of aromatic nitrogens is 1. The van der Waals surface area contributed by atoms with E-state index in [0.29, 0.717) is 5.56 Å². The Morgan fingerprint density at radius 3 is 2.52 bits per heavy atom. The molecule has 7 nitrogen and oxygen atoms in total. The highest BCUT2D eigenvalue weighted by atomic mass is 35.5. The Morgan fingerprint density at radius 1 is 1.12 bits per heavy atom. The molecule has 9 heteroatoms. The fourth-order valence-corrected chi connectivity index (χ4v) is 4.43. The van der Waals surface area contributed by atoms with E-state index in [9.17, 15) is 19.8 Å². The van der Waals surface area contributed by atoms with Crippen molar-refractivity contribution in [3.05, 3.63) is 93.2 Å². The van der Waals surface area contributed by atoms with Gasteiger partial charge in [-0.2, -0.15) is 0 Å². The fourth-order valence-electron chi connectivity index (χ4n) is 3.86. The normalized spacial score (nSPS) is 17.4. The SMILES string of the molecule is COc1c(Cl)cc(Cl)cc1/C(O)=C1\C(=O)C(=O)N(Cc2ccncc2)C1c1cccc(O)c1. The maximum Gasteiger partial charge on any atom is 0.295 e. The Bertz CT molecular complexity index is 1280. The first-order chi connectivity index (χ1) is 15.8. The van der Waals surface area contributed by atoms with E-state index in [1.165, 1.54) is 36.3 Å². The third-order valence-electron chi connectivity index (χ3n) is 5.30. The van der Waals surface area contributed by atoms with Crippen molar-refractivity contribution in [3.8, 4) is 11.5 Å². The van der Waals surface area contributed by atoms with Gasteiger partial charge < -0.3 is 19.8 Å². The number of Topliss-reactive ketones (excluding diaryl/α,β-unsaturated/α-hetero) is 1. The Balaban J connectivity index is 1.94. The van der Waals surface area contributed by atoms with Crippen molar-refractivity contribution in [2.45, 2.75) is 12.6 Å². The Hall–Kier alpha value is -3.55. The lowest BCUT2D eigenvalue weighted by atomic mass is 9.94. The first-order valence-electron chi connectivity index (χ1n) is 9.81. The van der Waals surface area contributed by atoms with E-state index in [1.807, 2.05) is 0 Å². The number of amides is 1. The summed E-state index contributed by atoms with van der Waals surface area (Å²) in [5, 5.41) is 21.7. The molecule has 1 fully saturated rings. The maximum atomic E-state index is 13.2. The molecule has 0 bridgehead atoms. The molecule has 1 aliphatic rings. The van der Waals surface area contributed by atoms with Crippen molar-refractivity contribution < 1.29 is 24.5 Å². The molecule has 4 rings (SSSR count). The lowest BCUT2D eigenvalue weighted by molar-refractivity contribution is -0.140. The Kier molecular flexibility index (Phi) is 6.26. The van der Waals surface area contributed by atoms with Crippen LogP contribution in [0.2, 0.25) is 10.0 Å². The van der Waals surface area contributed by atoms with E-state index in [4.69, 9.17) is 27.9 Å². The largest absolute Gasteiger partial charge is 0.508 e. The topological polar surface area (TPSA) is 100.0 Å². The summed E-state index contributed by atoms with van der Waals surface area (Å²) in [5.41, 5.74) is 1.08. The van der Waals surface area contributed by atoms with Crippen LogP contribution in [0, 0.1) is 0 Å². The van der Waals surface area contributed by atoms with Crippen LogP contribution in [0.5, 0.6) is 11.5 Å². The minimum atomic E-state index is -0.979. The number of ketones is 1. The molecule has 1 atom stereocenters. The number of nitrogens with zero attached hydrogens (tertiary/aromatic N) is 2. The van der Waals surface area contributed by atoms with Crippen LogP contribution in [-0.4, -0.2) is 38.9 Å². The van der Waals surface area contributed by atoms with E-state index >= 15 is 0 Å². The van der Waals surface area contributed by atoms with Crippen LogP contribution >= 0.6 is 23.2 Å². The predicted molar refractivity (Wildman–Crippen MR) is 123 cm³/mol. The van der Waals surface area contributed by atoms with Crippen LogP contribution in [0.4, 0.5) is 0 Å². The molecular weight excluding hydrogens is 467 g/mol. The predicted octanol–water partition coefficient (Wildman–Crippen LogP) is 4.72. The van der Waals surface area contributed by atoms with Crippen molar-refractivity contribution in [2.75, 3.05) is 7.11 Å². The number of phenols is 1. The summed E-state index contributed by atoms with van der Waals surface area (Å²) >= 11 is 12.3. The number of pyridine rings is 1. The summed E-state index contributed by atoms with van der Waals surface area (Å²) in [5.74, 6) is -2.11. The van der Waals surface area contributed by atoms with E-state index < -0.39 is 23.5 Å². The van der Waals surface area contributed by atoms with Crippen LogP contribution in [0.3, 0.4) is 0 Å². The highest BCUT2D eigenvalue weighted by Crippen LogP contribution is 2.44. The number of carbonyl (C=O) groups excluding carboxylic acids is 2. The maximum absolute atomic E-state index is 13.2. The molecule has 168 valence electrons. The van der Waals surface area contributed by atoms with Gasteiger partial charge in [-0.25, -0.2) is 0 Å². The molecular formula is C24H18Cl2N2O5. The molecule has 2 N–H and O–H groups in total. The number of ether oxygens (including phenoxy) is 1. The van der Waals surface area contributed by atoms with Gasteiger partial charge in [-0.15, -0.1) is 0 Å². The summed E-state index contributed by atoms with van der Waals surface area (Å²) in [4.78, 5) is 31.6. The van der Waals surface area contributed by atoms with Crippen molar-refractivity contribution in [2.24, 2.45) is 0 Å². The molecule has 0 saturated carbocycles. The number of aliphatic hydroxyl groups is 1. The van der Waals surface area contributed by atoms with Crippen molar-refractivity contribution in [3.63, 3.8) is 0 Å². The van der Waals surface area contributed by atoms with Gasteiger partial charge >= 0.3 is 0 Å². The summed E-state index contributed by atoms with van der Waals surface area (Å²) < 4.78 is 5.31. The van der Waals surface area contributed by atoms with Gasteiger partial charge in [-0.3, -0.25) is 14.6 Å². The molecule has 3 aromatic rings. The zero-order valence-electron chi connectivity index (χ0n) is 17.3. The lowest BCUT2D eigenvalue weighted by Crippen LogP contribution is -2.29. The Labute approximate surface area is 199 Å². The first-order valence-corrected chi connectivity index (χ1v) is 10.6. The summed E-state index contributed by atoms with van der Waals surface area (Å²) in [7, 11) is 1.36. The minimum absolute atomic E-state index is 0.0506. The van der Waals surface area contributed by atoms with Gasteiger partial charge in [-0.1, -0.05) is 35.3 Å². The van der Waals surface area contributed by atoms with Gasteiger partial charge in [0.1, 0.15) is 17.3 Å². The highest BCUT2D eigenvalue weighted by molar-refractivity contribution is 6.46. The molecule has 0 radical (unpaired) electrons. The molecule has 1 saturated heterocycles. The number of benzene rings is 2. The Morgan fingerprint density at radius 2 is 1.85 bits per heavy atom. The first kappa shape index (κ1) is 22.6. The smallest absolute Gasteiger partial charge is 0.295 e. The van der Waals surface area contributed by atoms with Crippen molar-refractivity contribution >= 4 is 40.7 Å². The average molecular weight is 485 g/mol. The van der Waals surface area contributed by atoms with Gasteiger partial charge in [0, 0.05) is 24.0 Å². The molecule has 0 aliphatic carbocycles. The second kappa shape index (κ2) is 9.13. The summed E-state index contributed by atoms with van der Waals surface area (Å²) in [6.07, 6.45) is 3.15. The number of hydrogen-bond donors (Lipinski definition) is 2. The van der Waals surface area contributed by atoms with Gasteiger partial charge in [0.25, 0.3) is 11.7 Å². The monoisotopic (exact) mass is 484 g/mol. The summed E-state index contributed by atoms with van der Waals surface area (Å²) in [6, 6.07) is 11.5. The molecule has 1 aromatic heterocycles. The van der Waals surface area contributed by atoms with Crippen molar-refractivity contribution in [1.82, 2.24) is 9.88 Å². The van der Waals surface area contributed by atoms with E-state index in [0.717, 1.165) is 5.56 Å². The number of aliphatic hydroxyl groups excluding tert-OH is 1. The molecule has 1 unspecified atom stereocenters. The highest BCUT2D eigenvalue weighted by Gasteiger charge is 2.46. The zero-order chi connectivity index (χ0) is 23.7. The van der Waals surface area contributed by atoms with Crippen LogP contribution in [0.15, 0.2) is 66.5 Å². The van der Waals surface area contributed by atoms with Gasteiger partial charge in [0.2, 0.25) is 0 Å². The number of hydrogen-bond acceptors (Lipinski definition) is 6. The number of phenolic OH excluding ortho intramolecular Hbond substituents is 1. The number of rotatable bonds is 5. The zero-order valence-corrected chi connectivity index (χ0v) is 18.8. The third kappa shape index (κ3) is 4.25. The second-order valence-electron chi connectivity index (χ2n) is 7.35. The standard InChI is InChI=1S/C24H18Cl2N2O5/c1-33-23-17(10-15(25)11-18(23)26)21(30)19-20(14-3-2-4-16(29)9-14)28(24(32)22(19)31)12-13-5-7-27-8-6-13/h2-11,20,29-30H,12H2,1H3/b21-19+. The van der Waals surface area contributed by atoms with E-state index in [-0.39, 0.29) is 39.2 Å². The second-order valence-corrected chi connectivity index (χ2v) is 8.19. The number of aromatic hydroxyl groups is 1. The van der Waals surface area contributed by atoms with Gasteiger partial charge in [-0.05, 0) is 47.5 Å². The van der Waals surface area contributed by atoms with Crippen LogP contribution in [-0.2, 0) is 16.1 Å². The van der Waals surface area contributed by atoms with Crippen LogP contribution in [0.25, 0.3) is 5.76 Å². The third-order valence-corrected chi connectivity index (χ3v) is 5.79. The average Bonchev–Trinajstić information content (AvgIpc) is 3.04. The molecule has 33 heavy (non-hydrogen) atoms. The number of likely N-dealkylation sites (tertiary alicyclic amines) is 1. The van der Waals surface area contributed by atoms with Gasteiger partial charge in [0.15, 0.2) is 0 Å². The van der Waals surface area contributed by atoms with E-state index in [1.54, 1.807) is 36.7 Å². The quantitative estimate of drug-likeness (QED) is 0.308. The lowest BCUT2D eigenvalue weighted by Gasteiger charge is -2.25. The number of methoxy groups -OCH3 is 1. The molecule has 0 spiro atoms. The molecule has 2 aromatic carbocycles. The fraction of sp³-hybridized carbons (Fsp3) is 0.125. The number of halogens is 2.